The Balaban J connectivity index is 4.12. The van der Waals surface area contributed by atoms with Gasteiger partial charge in [-0.25, -0.2) is 4.57 Å². The van der Waals surface area contributed by atoms with Gasteiger partial charge < -0.3 is 19.8 Å². The van der Waals surface area contributed by atoms with Gasteiger partial charge in [0.05, 0.1) is 39.9 Å². The summed E-state index contributed by atoms with van der Waals surface area (Å²) in [5.41, 5.74) is 0. The van der Waals surface area contributed by atoms with Gasteiger partial charge in [-0.2, -0.15) is 0 Å². The van der Waals surface area contributed by atoms with E-state index in [1.54, 1.807) is 6.08 Å². The Hall–Kier alpha value is -2.06. The summed E-state index contributed by atoms with van der Waals surface area (Å²) in [6.07, 6.45) is 80.2. The highest BCUT2D eigenvalue weighted by Crippen LogP contribution is 2.43. The second-order valence-electron chi connectivity index (χ2n) is 23.1. The minimum absolute atomic E-state index is 0.0605. The van der Waals surface area contributed by atoms with E-state index in [1.807, 2.05) is 27.2 Å². The Kier molecular flexibility index (Phi) is 56.1. The average molecular weight is 1090 g/mol. The fraction of sp³-hybridized carbons (Fsp3) is 0.806. The number of aliphatic hydroxyl groups excluding tert-OH is 1. The average Bonchev–Trinajstić information content (AvgIpc) is 3.38. The van der Waals surface area contributed by atoms with Gasteiger partial charge >= 0.3 is 7.82 Å². The molecule has 0 aromatic rings. The third kappa shape index (κ3) is 59.6. The number of hydrogen-bond donors (Lipinski definition) is 3. The summed E-state index contributed by atoms with van der Waals surface area (Å²) < 4.78 is 23.8. The van der Waals surface area contributed by atoms with Gasteiger partial charge in [0.2, 0.25) is 5.91 Å². The number of allylic oxidation sites excluding steroid dienone is 11. The van der Waals surface area contributed by atoms with Gasteiger partial charge in [-0.1, -0.05) is 299 Å². The quantitative estimate of drug-likeness (QED) is 0.0243. The molecule has 3 N–H and O–H groups in total. The van der Waals surface area contributed by atoms with Gasteiger partial charge in [-0.3, -0.25) is 13.8 Å². The van der Waals surface area contributed by atoms with Gasteiger partial charge in [0.15, 0.2) is 0 Å². The van der Waals surface area contributed by atoms with Crippen molar-refractivity contribution in [1.29, 1.82) is 0 Å². The number of unbranched alkanes of at least 4 members (excludes halogenated alkanes) is 36. The summed E-state index contributed by atoms with van der Waals surface area (Å²) in [6, 6.07) is -0.850. The predicted octanol–water partition coefficient (Wildman–Crippen LogP) is 20.2. The summed E-state index contributed by atoms with van der Waals surface area (Å²) >= 11 is 0. The number of rotatable bonds is 59. The fourth-order valence-corrected chi connectivity index (χ4v) is 10.2. The van der Waals surface area contributed by atoms with E-state index in [0.717, 1.165) is 70.6 Å². The maximum atomic E-state index is 13.0. The summed E-state index contributed by atoms with van der Waals surface area (Å²) in [4.78, 5) is 23.4. The molecule has 0 spiro atoms. The van der Waals surface area contributed by atoms with E-state index in [-0.39, 0.29) is 19.1 Å². The third-order valence-corrected chi connectivity index (χ3v) is 15.4. The monoisotopic (exact) mass is 1090 g/mol. The molecule has 0 bridgehead atoms. The molecule has 3 atom stereocenters. The van der Waals surface area contributed by atoms with Crippen molar-refractivity contribution in [3.05, 3.63) is 72.9 Å². The van der Waals surface area contributed by atoms with E-state index >= 15 is 0 Å². The number of phosphoric acid groups is 1. The Morgan fingerprint density at radius 2 is 0.789 bits per heavy atom. The third-order valence-electron chi connectivity index (χ3n) is 14.4. The molecule has 444 valence electrons. The van der Waals surface area contributed by atoms with Crippen LogP contribution in [0.15, 0.2) is 72.9 Å². The number of hydrogen-bond acceptors (Lipinski definition) is 5. The van der Waals surface area contributed by atoms with Crippen molar-refractivity contribution in [3.63, 3.8) is 0 Å². The van der Waals surface area contributed by atoms with Crippen molar-refractivity contribution >= 4 is 13.7 Å². The second kappa shape index (κ2) is 57.6. The van der Waals surface area contributed by atoms with Gasteiger partial charge in [-0.05, 0) is 64.2 Å². The zero-order chi connectivity index (χ0) is 55.6. The van der Waals surface area contributed by atoms with Crippen molar-refractivity contribution in [2.45, 2.75) is 309 Å². The zero-order valence-corrected chi connectivity index (χ0v) is 51.6. The number of amides is 1. The van der Waals surface area contributed by atoms with E-state index in [2.05, 4.69) is 79.9 Å². The number of aliphatic hydroxyl groups is 1. The first-order valence-corrected chi connectivity index (χ1v) is 33.8. The molecule has 3 unspecified atom stereocenters. The molecule has 0 aliphatic heterocycles. The lowest BCUT2D eigenvalue weighted by molar-refractivity contribution is -0.870. The van der Waals surface area contributed by atoms with Crippen LogP contribution in [0, 0.1) is 0 Å². The van der Waals surface area contributed by atoms with Gasteiger partial charge in [0, 0.05) is 6.42 Å². The van der Waals surface area contributed by atoms with Crippen LogP contribution in [-0.2, 0) is 18.4 Å². The molecule has 0 aliphatic rings. The van der Waals surface area contributed by atoms with E-state index in [0.29, 0.717) is 17.4 Å². The smallest absolute Gasteiger partial charge is 0.387 e. The van der Waals surface area contributed by atoms with Crippen molar-refractivity contribution in [1.82, 2.24) is 5.32 Å². The van der Waals surface area contributed by atoms with Crippen LogP contribution < -0.4 is 5.32 Å². The Bertz CT molecular complexity index is 1470. The minimum Gasteiger partial charge on any atom is -0.387 e. The Labute approximate surface area is 472 Å². The predicted molar refractivity (Wildman–Crippen MR) is 332 cm³/mol. The number of carbonyl (C=O) groups is 1. The Morgan fingerprint density at radius 1 is 0.461 bits per heavy atom. The molecule has 9 heteroatoms. The van der Waals surface area contributed by atoms with E-state index < -0.39 is 20.0 Å². The highest BCUT2D eigenvalue weighted by atomic mass is 31.2. The van der Waals surface area contributed by atoms with Crippen LogP contribution in [0.5, 0.6) is 0 Å². The lowest BCUT2D eigenvalue weighted by Gasteiger charge is -2.25. The van der Waals surface area contributed by atoms with Crippen LogP contribution in [0.2, 0.25) is 0 Å². The van der Waals surface area contributed by atoms with Crippen molar-refractivity contribution < 1.29 is 32.9 Å². The minimum atomic E-state index is -4.35. The molecule has 76 heavy (non-hydrogen) atoms. The molecule has 0 aromatic carbocycles. The lowest BCUT2D eigenvalue weighted by atomic mass is 10.0. The molecule has 0 heterocycles. The molecule has 1 amide bonds. The highest BCUT2D eigenvalue weighted by molar-refractivity contribution is 7.47. The first kappa shape index (κ1) is 73.9. The number of phosphoric ester groups is 1. The first-order valence-electron chi connectivity index (χ1n) is 32.3. The van der Waals surface area contributed by atoms with E-state index in [4.69, 9.17) is 9.05 Å². The van der Waals surface area contributed by atoms with E-state index in [1.165, 1.54) is 205 Å². The summed E-state index contributed by atoms with van der Waals surface area (Å²) in [6.45, 7) is 4.74. The van der Waals surface area contributed by atoms with Crippen LogP contribution in [0.1, 0.15) is 296 Å². The normalized spacial score (nSPS) is 14.2. The number of likely N-dealkylation sites (N-methyl/N-ethyl adjacent to an activating group) is 1. The summed E-state index contributed by atoms with van der Waals surface area (Å²) in [5.74, 6) is -0.176. The molecule has 0 radical (unpaired) electrons. The maximum Gasteiger partial charge on any atom is 0.472 e. The number of quaternary nitrogens is 1. The summed E-state index contributed by atoms with van der Waals surface area (Å²) in [5, 5.41) is 14.0. The number of carbonyl (C=O) groups excluding carboxylic acids is 1. The molecule has 0 aliphatic carbocycles. The summed E-state index contributed by atoms with van der Waals surface area (Å²) in [7, 11) is 1.58. The number of nitrogens with zero attached hydrogens (tertiary/aromatic N) is 1. The molecule has 0 saturated heterocycles. The largest absolute Gasteiger partial charge is 0.472 e. The highest BCUT2D eigenvalue weighted by Gasteiger charge is 2.28. The van der Waals surface area contributed by atoms with Gasteiger partial charge in [0.1, 0.15) is 13.2 Å². The van der Waals surface area contributed by atoms with Gasteiger partial charge in [0.25, 0.3) is 0 Å². The Morgan fingerprint density at radius 3 is 1.16 bits per heavy atom. The topological polar surface area (TPSA) is 105 Å². The lowest BCUT2D eigenvalue weighted by Crippen LogP contribution is -2.45. The molecule has 0 rings (SSSR count). The van der Waals surface area contributed by atoms with Crippen LogP contribution in [0.25, 0.3) is 0 Å². The van der Waals surface area contributed by atoms with Crippen LogP contribution in [0.4, 0.5) is 0 Å². The SMILES string of the molecule is CC/C=C\C/C=C\C/C=C\C/C=C\C/C=C\CCCCCCCCCCCCCCCCCC(=O)NC(COP(=O)(O)OCC[N+](C)(C)C)C(O)/C=C/CCCCCCCCCCCCCCCCCCCCCCC. The molecular weight excluding hydrogens is 960 g/mol. The molecule has 8 nitrogen and oxygen atoms in total. The second-order valence-corrected chi connectivity index (χ2v) is 24.6. The van der Waals surface area contributed by atoms with Crippen LogP contribution in [0.3, 0.4) is 0 Å². The molecule has 0 aromatic heterocycles. The van der Waals surface area contributed by atoms with Crippen LogP contribution >= 0.6 is 7.82 Å². The van der Waals surface area contributed by atoms with Gasteiger partial charge in [-0.15, -0.1) is 0 Å². The fourth-order valence-electron chi connectivity index (χ4n) is 9.42. The van der Waals surface area contributed by atoms with Crippen molar-refractivity contribution in [2.24, 2.45) is 0 Å². The molecule has 0 saturated carbocycles. The van der Waals surface area contributed by atoms with E-state index in [9.17, 15) is 19.4 Å². The van der Waals surface area contributed by atoms with Crippen molar-refractivity contribution in [3.8, 4) is 0 Å². The van der Waals surface area contributed by atoms with Crippen LogP contribution in [-0.4, -0.2) is 73.4 Å². The first-order chi connectivity index (χ1) is 37.0. The number of nitrogens with one attached hydrogen (secondary N) is 1. The molecular formula is C67H126N2O6P+. The standard InChI is InChI=1S/C67H125N2O6P/c1-6-8-10-12-14-16-18-20-22-24-26-28-30-31-32-33-34-35-36-37-39-41-43-45-47-49-51-53-55-57-59-61-67(71)68-65(64-75-76(72,73)74-63-62-69(3,4)5)66(70)60-58-56-54-52-50-48-46-44-42-40-38-29-27-25-23-21-19-17-15-13-11-9-7-2/h8,10,14,16,20,22,26,28,31-32,58,60,65-66,70H,6-7,9,11-13,15,17-19,21,23-25,27,29-30,33-57,59,61-64H2,1-5H3,(H-,68,71,72,73)/p+1/b10-8-,16-14-,22-20-,28-26-,32-31-,60-58+. The maximum absolute atomic E-state index is 13.0. The van der Waals surface area contributed by atoms with Crippen molar-refractivity contribution in [2.75, 3.05) is 40.9 Å². The molecule has 0 fully saturated rings. The zero-order valence-electron chi connectivity index (χ0n) is 50.7.